The SMILES string of the molecule is COc1cccc2c1O[C@@]1(C)[C@H](C(=O)Nc3ccc(C)cc3C)[C@@H]2NC(=S)N1Cc1ccc2c(c1)OCO2. The molecule has 9 heteroatoms. The molecule has 2 bridgehead atoms. The number of ether oxygens (including phenoxy) is 4. The van der Waals surface area contributed by atoms with Gasteiger partial charge in [-0.2, -0.15) is 0 Å². The van der Waals surface area contributed by atoms with Gasteiger partial charge in [0.25, 0.3) is 0 Å². The maximum atomic E-state index is 14.1. The molecule has 3 heterocycles. The van der Waals surface area contributed by atoms with Gasteiger partial charge in [0, 0.05) is 17.8 Å². The molecule has 1 fully saturated rings. The number of methoxy groups -OCH3 is 1. The molecule has 0 aromatic heterocycles. The van der Waals surface area contributed by atoms with E-state index in [1.807, 2.05) is 74.2 Å². The van der Waals surface area contributed by atoms with Crippen LogP contribution in [0.15, 0.2) is 54.6 Å². The van der Waals surface area contributed by atoms with Crippen molar-refractivity contribution >= 4 is 28.9 Å². The monoisotopic (exact) mass is 531 g/mol. The molecular formula is C29H29N3O5S. The lowest BCUT2D eigenvalue weighted by molar-refractivity contribution is -0.151. The standard InChI is InChI=1S/C29H29N3O5S/c1-16-8-10-20(17(2)12-16)30-27(33)24-25-19-6-5-7-22(34-4)26(19)37-29(24,3)32(28(38)31-25)14-18-9-11-21-23(13-18)36-15-35-21/h5-13,24-25H,14-15H2,1-4H3,(H,30,33)(H,31,38)/t24-,25+,29-/m0/s1. The lowest BCUT2D eigenvalue weighted by Crippen LogP contribution is -2.71. The largest absolute Gasteiger partial charge is 0.493 e. The zero-order valence-electron chi connectivity index (χ0n) is 21.7. The fourth-order valence-electron chi connectivity index (χ4n) is 5.61. The third-order valence-electron chi connectivity index (χ3n) is 7.54. The molecule has 0 radical (unpaired) electrons. The molecule has 1 amide bonds. The van der Waals surface area contributed by atoms with Crippen LogP contribution in [0, 0.1) is 19.8 Å². The Kier molecular flexibility index (Phi) is 5.83. The van der Waals surface area contributed by atoms with Gasteiger partial charge in [0.2, 0.25) is 12.7 Å². The van der Waals surface area contributed by atoms with Crippen LogP contribution in [0.25, 0.3) is 0 Å². The van der Waals surface area contributed by atoms with E-state index in [1.165, 1.54) is 0 Å². The van der Waals surface area contributed by atoms with Crippen molar-refractivity contribution in [2.24, 2.45) is 5.92 Å². The number of nitrogens with zero attached hydrogens (tertiary/aromatic N) is 1. The summed E-state index contributed by atoms with van der Waals surface area (Å²) in [5.74, 6) is 1.79. The van der Waals surface area contributed by atoms with Crippen LogP contribution in [-0.2, 0) is 11.3 Å². The van der Waals surface area contributed by atoms with Crippen molar-refractivity contribution in [2.75, 3.05) is 19.2 Å². The molecule has 3 aliphatic heterocycles. The van der Waals surface area contributed by atoms with Crippen molar-refractivity contribution in [1.82, 2.24) is 10.2 Å². The normalized spacial score (nSPS) is 22.7. The third kappa shape index (κ3) is 3.89. The first-order chi connectivity index (χ1) is 18.3. The topological polar surface area (TPSA) is 81.3 Å². The van der Waals surface area contributed by atoms with E-state index in [2.05, 4.69) is 16.7 Å². The van der Waals surface area contributed by atoms with Gasteiger partial charge in [-0.3, -0.25) is 4.79 Å². The van der Waals surface area contributed by atoms with Gasteiger partial charge in [0.15, 0.2) is 33.8 Å². The summed E-state index contributed by atoms with van der Waals surface area (Å²) in [7, 11) is 1.61. The number of rotatable bonds is 5. The summed E-state index contributed by atoms with van der Waals surface area (Å²) in [6.45, 7) is 6.53. The number of fused-ring (bicyclic) bond motifs is 5. The van der Waals surface area contributed by atoms with Gasteiger partial charge in [-0.05, 0) is 68.4 Å². The number of nitrogens with one attached hydrogen (secondary N) is 2. The van der Waals surface area contributed by atoms with Gasteiger partial charge >= 0.3 is 0 Å². The second-order valence-electron chi connectivity index (χ2n) is 10.0. The molecule has 3 aromatic rings. The Hall–Kier alpha value is -3.98. The first-order valence-electron chi connectivity index (χ1n) is 12.5. The van der Waals surface area contributed by atoms with Gasteiger partial charge in [-0.15, -0.1) is 0 Å². The predicted octanol–water partition coefficient (Wildman–Crippen LogP) is 4.84. The molecule has 0 saturated carbocycles. The summed E-state index contributed by atoms with van der Waals surface area (Å²) in [6.07, 6.45) is 0. The summed E-state index contributed by atoms with van der Waals surface area (Å²) >= 11 is 5.86. The van der Waals surface area contributed by atoms with Gasteiger partial charge < -0.3 is 34.5 Å². The van der Waals surface area contributed by atoms with Crippen molar-refractivity contribution in [1.29, 1.82) is 0 Å². The van der Waals surface area contributed by atoms with Gasteiger partial charge in [0.05, 0.1) is 13.2 Å². The molecule has 38 heavy (non-hydrogen) atoms. The first-order valence-corrected chi connectivity index (χ1v) is 12.9. The van der Waals surface area contributed by atoms with Gasteiger partial charge in [-0.25, -0.2) is 0 Å². The number of amides is 1. The number of carbonyl (C=O) groups is 1. The fourth-order valence-corrected chi connectivity index (χ4v) is 5.99. The Morgan fingerprint density at radius 2 is 1.97 bits per heavy atom. The van der Waals surface area contributed by atoms with Crippen molar-refractivity contribution in [3.8, 4) is 23.0 Å². The van der Waals surface area contributed by atoms with Crippen molar-refractivity contribution in [3.05, 3.63) is 76.9 Å². The maximum absolute atomic E-state index is 14.1. The number of carbonyl (C=O) groups excluding carboxylic acids is 1. The molecule has 2 N–H and O–H groups in total. The number of thiocarbonyl (C=S) groups is 1. The molecule has 1 saturated heterocycles. The highest BCUT2D eigenvalue weighted by Crippen LogP contribution is 2.52. The number of anilines is 1. The average molecular weight is 532 g/mol. The number of benzene rings is 3. The van der Waals surface area contributed by atoms with Crippen LogP contribution in [0.4, 0.5) is 5.69 Å². The van der Waals surface area contributed by atoms with E-state index >= 15 is 0 Å². The van der Waals surface area contributed by atoms with Crippen LogP contribution in [0.2, 0.25) is 0 Å². The minimum absolute atomic E-state index is 0.163. The second-order valence-corrected chi connectivity index (χ2v) is 10.4. The van der Waals surface area contributed by atoms with Crippen LogP contribution in [-0.4, -0.2) is 35.5 Å². The minimum Gasteiger partial charge on any atom is -0.493 e. The van der Waals surface area contributed by atoms with Crippen molar-refractivity contribution in [3.63, 3.8) is 0 Å². The number of hydrogen-bond acceptors (Lipinski definition) is 6. The van der Waals surface area contributed by atoms with E-state index in [-0.39, 0.29) is 12.7 Å². The molecule has 0 spiro atoms. The molecule has 3 aliphatic rings. The number of para-hydroxylation sites is 1. The van der Waals surface area contributed by atoms with E-state index in [9.17, 15) is 4.79 Å². The number of hydrogen-bond donors (Lipinski definition) is 2. The van der Waals surface area contributed by atoms with Gasteiger partial charge in [0.1, 0.15) is 5.92 Å². The number of aryl methyl sites for hydroxylation is 2. The van der Waals surface area contributed by atoms with Crippen LogP contribution in [0.3, 0.4) is 0 Å². The van der Waals surface area contributed by atoms with E-state index in [0.29, 0.717) is 34.7 Å². The lowest BCUT2D eigenvalue weighted by atomic mass is 9.78. The highest BCUT2D eigenvalue weighted by Gasteiger charge is 2.59. The predicted molar refractivity (Wildman–Crippen MR) is 147 cm³/mol. The smallest absolute Gasteiger partial charge is 0.236 e. The fraction of sp³-hybridized carbons (Fsp3) is 0.310. The van der Waals surface area contributed by atoms with E-state index in [1.54, 1.807) is 7.11 Å². The van der Waals surface area contributed by atoms with Gasteiger partial charge in [-0.1, -0.05) is 35.9 Å². The van der Waals surface area contributed by atoms with Crippen molar-refractivity contribution < 1.29 is 23.7 Å². The van der Waals surface area contributed by atoms with Crippen LogP contribution in [0.5, 0.6) is 23.0 Å². The quantitative estimate of drug-likeness (QED) is 0.453. The molecular weight excluding hydrogens is 502 g/mol. The molecule has 0 unspecified atom stereocenters. The van der Waals surface area contributed by atoms with Crippen LogP contribution in [0.1, 0.15) is 35.2 Å². The highest BCUT2D eigenvalue weighted by molar-refractivity contribution is 7.80. The molecule has 0 aliphatic carbocycles. The minimum atomic E-state index is -1.12. The Balaban J connectivity index is 1.42. The zero-order valence-corrected chi connectivity index (χ0v) is 22.5. The Bertz CT molecular complexity index is 1460. The summed E-state index contributed by atoms with van der Waals surface area (Å²) in [5.41, 5.74) is 3.55. The molecule has 8 nitrogen and oxygen atoms in total. The van der Waals surface area contributed by atoms with E-state index in [4.69, 9.17) is 31.2 Å². The first kappa shape index (κ1) is 24.4. The van der Waals surface area contributed by atoms with E-state index < -0.39 is 17.7 Å². The van der Waals surface area contributed by atoms with Crippen molar-refractivity contribution in [2.45, 2.75) is 39.1 Å². The average Bonchev–Trinajstić information content (AvgIpc) is 3.35. The summed E-state index contributed by atoms with van der Waals surface area (Å²) in [4.78, 5) is 16.0. The lowest BCUT2D eigenvalue weighted by Gasteiger charge is -2.56. The third-order valence-corrected chi connectivity index (χ3v) is 7.88. The zero-order chi connectivity index (χ0) is 26.6. The van der Waals surface area contributed by atoms with E-state index in [0.717, 1.165) is 27.9 Å². The molecule has 3 aromatic carbocycles. The van der Waals surface area contributed by atoms with Crippen LogP contribution >= 0.6 is 12.2 Å². The Labute approximate surface area is 226 Å². The Morgan fingerprint density at radius 1 is 1.16 bits per heavy atom. The summed E-state index contributed by atoms with van der Waals surface area (Å²) < 4.78 is 23.4. The summed E-state index contributed by atoms with van der Waals surface area (Å²) in [6, 6.07) is 17.0. The van der Waals surface area contributed by atoms with Crippen LogP contribution < -0.4 is 29.6 Å². The highest BCUT2D eigenvalue weighted by atomic mass is 32.1. The molecule has 196 valence electrons. The second kappa shape index (κ2) is 9.09. The maximum Gasteiger partial charge on any atom is 0.236 e. The molecule has 3 atom stereocenters. The summed E-state index contributed by atoms with van der Waals surface area (Å²) in [5, 5.41) is 7.10. The Morgan fingerprint density at radius 3 is 2.76 bits per heavy atom. The molecule has 6 rings (SSSR count).